The number of benzene rings is 2. The Kier molecular flexibility index (Phi) is 11.6. The Balaban J connectivity index is 0.00000249. The lowest BCUT2D eigenvalue weighted by Gasteiger charge is -2.39. The highest BCUT2D eigenvalue weighted by atomic mass is 16.3. The normalized spacial score (nSPS) is 15.0. The average Bonchev–Trinajstić information content (AvgIpc) is 2.82. The lowest BCUT2D eigenvalue weighted by atomic mass is 9.63. The second-order valence-corrected chi connectivity index (χ2v) is 8.05. The molecular weight excluding hydrogens is 388 g/mol. The van der Waals surface area contributed by atoms with Gasteiger partial charge in [-0.2, -0.15) is 0 Å². The first-order valence-corrected chi connectivity index (χ1v) is 11.9. The van der Waals surface area contributed by atoms with Gasteiger partial charge in [-0.15, -0.1) is 0 Å². The van der Waals surface area contributed by atoms with Crippen molar-refractivity contribution in [1.29, 1.82) is 0 Å². The van der Waals surface area contributed by atoms with Gasteiger partial charge in [0.15, 0.2) is 0 Å². The van der Waals surface area contributed by atoms with Crippen molar-refractivity contribution in [3.63, 3.8) is 0 Å². The molecule has 172 valence electrons. The number of hydrogen-bond acceptors (Lipinski definition) is 1. The molecule has 0 radical (unpaired) electrons. The molecule has 1 unspecified atom stereocenters. The molecule has 1 atom stereocenters. The predicted molar refractivity (Wildman–Crippen MR) is 142 cm³/mol. The summed E-state index contributed by atoms with van der Waals surface area (Å²) in [6, 6.07) is 19.6. The van der Waals surface area contributed by atoms with Gasteiger partial charge in [0.2, 0.25) is 0 Å². The van der Waals surface area contributed by atoms with Crippen LogP contribution in [0, 0.1) is 6.92 Å². The van der Waals surface area contributed by atoms with E-state index in [1.807, 2.05) is 19.9 Å². The molecule has 32 heavy (non-hydrogen) atoms. The third-order valence-corrected chi connectivity index (χ3v) is 5.85. The van der Waals surface area contributed by atoms with Crippen molar-refractivity contribution in [2.45, 2.75) is 73.6 Å². The van der Waals surface area contributed by atoms with Crippen molar-refractivity contribution < 1.29 is 5.11 Å². The van der Waals surface area contributed by atoms with E-state index in [-0.39, 0.29) is 0 Å². The van der Waals surface area contributed by atoms with Crippen LogP contribution in [0.1, 0.15) is 78.0 Å². The van der Waals surface area contributed by atoms with Crippen LogP contribution in [-0.4, -0.2) is 5.11 Å². The van der Waals surface area contributed by atoms with E-state index in [2.05, 4.69) is 107 Å². The zero-order chi connectivity index (χ0) is 24.1. The Morgan fingerprint density at radius 2 is 1.31 bits per heavy atom. The van der Waals surface area contributed by atoms with Gasteiger partial charge in [0.25, 0.3) is 0 Å². The van der Waals surface area contributed by atoms with Crippen LogP contribution in [-0.2, 0) is 5.41 Å². The molecule has 0 aliphatic rings. The number of rotatable bonds is 8. The second-order valence-electron chi connectivity index (χ2n) is 8.05. The Bertz CT molecular complexity index is 936. The largest absolute Gasteiger partial charge is 0.513 e. The maximum atomic E-state index is 9.88. The fourth-order valence-corrected chi connectivity index (χ4v) is 3.98. The minimum absolute atomic E-state index is 0.315. The van der Waals surface area contributed by atoms with E-state index in [1.54, 1.807) is 6.92 Å². The zero-order valence-electron chi connectivity index (χ0n) is 21.4. The summed E-state index contributed by atoms with van der Waals surface area (Å²) in [4.78, 5) is 0. The van der Waals surface area contributed by atoms with Gasteiger partial charge in [0, 0.05) is 0 Å². The molecule has 0 saturated heterocycles. The average molecular weight is 431 g/mol. The third-order valence-electron chi connectivity index (χ3n) is 5.85. The Hall–Kier alpha value is -2.80. The highest BCUT2D eigenvalue weighted by Gasteiger charge is 2.38. The molecule has 0 bridgehead atoms. The quantitative estimate of drug-likeness (QED) is 0.326. The van der Waals surface area contributed by atoms with Gasteiger partial charge in [-0.3, -0.25) is 0 Å². The number of aliphatic hydroxyl groups excluding tert-OH is 1. The maximum absolute atomic E-state index is 9.88. The first-order chi connectivity index (χ1) is 15.4. The fourth-order valence-electron chi connectivity index (χ4n) is 3.98. The first kappa shape index (κ1) is 27.2. The van der Waals surface area contributed by atoms with Crippen molar-refractivity contribution in [1.82, 2.24) is 0 Å². The van der Waals surface area contributed by atoms with Crippen LogP contribution >= 0.6 is 0 Å². The third kappa shape index (κ3) is 6.60. The van der Waals surface area contributed by atoms with E-state index in [1.165, 1.54) is 33.4 Å². The minimum atomic E-state index is -0.403. The Labute approximate surface area is 196 Å². The van der Waals surface area contributed by atoms with E-state index in [9.17, 15) is 5.11 Å². The number of hydrogen-bond donors (Lipinski definition) is 1. The molecule has 0 saturated carbocycles. The molecule has 0 spiro atoms. The number of aliphatic hydroxyl groups is 1. The van der Waals surface area contributed by atoms with E-state index in [0.29, 0.717) is 5.76 Å². The van der Waals surface area contributed by atoms with Crippen LogP contribution in [0.2, 0.25) is 0 Å². The number of allylic oxidation sites excluding steroid dienone is 8. The van der Waals surface area contributed by atoms with Gasteiger partial charge in [-0.1, -0.05) is 123 Å². The standard InChI is InChI=1S/C29H36O.C2H6/c1-7-22(3)14-17-24(5)29(27-12-10-9-11-13-27,26(8-2)21-18-25(6)30)28-19-15-23(4)16-20-28;1-2/h9-21,30H,7-8H2,1-6H3;1-2H3/b22-14-,24-17+,25-18+,26-21+;. The zero-order valence-corrected chi connectivity index (χ0v) is 21.4. The van der Waals surface area contributed by atoms with Crippen LogP contribution in [0.4, 0.5) is 0 Å². The van der Waals surface area contributed by atoms with E-state index in [0.717, 1.165) is 12.8 Å². The van der Waals surface area contributed by atoms with Crippen LogP contribution in [0.5, 0.6) is 0 Å². The summed E-state index contributed by atoms with van der Waals surface area (Å²) in [5.41, 5.74) is 7.20. The molecule has 0 fully saturated rings. The van der Waals surface area contributed by atoms with Gasteiger partial charge < -0.3 is 5.11 Å². The van der Waals surface area contributed by atoms with Crippen molar-refractivity contribution >= 4 is 0 Å². The Morgan fingerprint density at radius 3 is 1.81 bits per heavy atom. The number of aryl methyl sites for hydroxylation is 1. The van der Waals surface area contributed by atoms with Crippen LogP contribution < -0.4 is 0 Å². The fraction of sp³-hybridized carbons (Fsp3) is 0.355. The molecule has 2 aromatic rings. The summed E-state index contributed by atoms with van der Waals surface area (Å²) in [7, 11) is 0. The summed E-state index contributed by atoms with van der Waals surface area (Å²) in [5.74, 6) is 0.315. The van der Waals surface area contributed by atoms with Crippen molar-refractivity contribution in [2.24, 2.45) is 0 Å². The summed E-state index contributed by atoms with van der Waals surface area (Å²) in [6.45, 7) is 16.6. The summed E-state index contributed by atoms with van der Waals surface area (Å²) < 4.78 is 0. The molecule has 1 N–H and O–H groups in total. The van der Waals surface area contributed by atoms with Crippen LogP contribution in [0.25, 0.3) is 0 Å². The Morgan fingerprint density at radius 1 is 0.750 bits per heavy atom. The van der Waals surface area contributed by atoms with Gasteiger partial charge in [0.1, 0.15) is 0 Å². The topological polar surface area (TPSA) is 20.2 Å². The lowest BCUT2D eigenvalue weighted by Crippen LogP contribution is -2.32. The van der Waals surface area contributed by atoms with E-state index in [4.69, 9.17) is 0 Å². The molecule has 0 aliphatic carbocycles. The summed E-state index contributed by atoms with van der Waals surface area (Å²) in [5, 5.41) is 9.88. The summed E-state index contributed by atoms with van der Waals surface area (Å²) in [6.07, 6.45) is 10.3. The SMILES string of the molecule is CC.CC/C(C)=C\C=C(/C)C(/C(=C/C=C(\C)O)CC)(c1ccccc1)c1ccc(C)cc1. The van der Waals surface area contributed by atoms with Crippen LogP contribution in [0.15, 0.2) is 101 Å². The second kappa shape index (κ2) is 13.6. The highest BCUT2D eigenvalue weighted by molar-refractivity contribution is 5.58. The van der Waals surface area contributed by atoms with Gasteiger partial charge in [0.05, 0.1) is 11.2 Å². The molecular formula is C31H42O. The predicted octanol–water partition coefficient (Wildman–Crippen LogP) is 9.41. The highest BCUT2D eigenvalue weighted by Crippen LogP contribution is 2.46. The monoisotopic (exact) mass is 430 g/mol. The lowest BCUT2D eigenvalue weighted by molar-refractivity contribution is 0.414. The molecule has 0 amide bonds. The minimum Gasteiger partial charge on any atom is -0.513 e. The van der Waals surface area contributed by atoms with Gasteiger partial charge in [-0.05, 0) is 57.7 Å². The van der Waals surface area contributed by atoms with Crippen molar-refractivity contribution in [3.8, 4) is 0 Å². The first-order valence-electron chi connectivity index (χ1n) is 11.9. The molecule has 2 aromatic carbocycles. The van der Waals surface area contributed by atoms with E-state index >= 15 is 0 Å². The molecule has 0 aromatic heterocycles. The van der Waals surface area contributed by atoms with Gasteiger partial charge >= 0.3 is 0 Å². The molecule has 1 nitrogen and oxygen atoms in total. The molecule has 2 rings (SSSR count). The van der Waals surface area contributed by atoms with Crippen LogP contribution in [0.3, 0.4) is 0 Å². The van der Waals surface area contributed by atoms with Crippen molar-refractivity contribution in [2.75, 3.05) is 0 Å². The van der Waals surface area contributed by atoms with Crippen molar-refractivity contribution in [3.05, 3.63) is 118 Å². The summed E-state index contributed by atoms with van der Waals surface area (Å²) >= 11 is 0. The molecule has 0 heterocycles. The van der Waals surface area contributed by atoms with E-state index < -0.39 is 5.41 Å². The molecule has 1 heteroatoms. The van der Waals surface area contributed by atoms with Gasteiger partial charge in [-0.25, -0.2) is 0 Å². The maximum Gasteiger partial charge on any atom is 0.0891 e. The molecule has 0 aliphatic heterocycles. The smallest absolute Gasteiger partial charge is 0.0891 e.